The molecule has 1 rings (SSSR count). The Labute approximate surface area is 219 Å². The van der Waals surface area contributed by atoms with Crippen LogP contribution in [0.15, 0.2) is 47.6 Å². The lowest BCUT2D eigenvalue weighted by atomic mass is 9.96. The Balaban J connectivity index is 2.64. The lowest BCUT2D eigenvalue weighted by Crippen LogP contribution is -2.60. The van der Waals surface area contributed by atoms with Gasteiger partial charge in [-0.05, 0) is 64.5 Å². The molecule has 1 aliphatic heterocycles. The van der Waals surface area contributed by atoms with Crippen molar-refractivity contribution in [2.75, 3.05) is 20.3 Å². The molecule has 0 saturated carbocycles. The Hall–Kier alpha value is -1.89. The van der Waals surface area contributed by atoms with Gasteiger partial charge < -0.3 is 44.8 Å². The zero-order chi connectivity index (χ0) is 28.2. The van der Waals surface area contributed by atoms with Crippen LogP contribution in [0.1, 0.15) is 52.9 Å². The third-order valence-corrected chi connectivity index (χ3v) is 6.38. The SMILES string of the molecule is C=C[C@](C)(CCC=C(CO)CCC=C(C)CC(O)C=C(C)C(=O)OC)O[C@@H]1O[C@H](CO)[C@@H](O)[C@H](O)[C@H]1O. The van der Waals surface area contributed by atoms with E-state index in [4.69, 9.17) is 9.47 Å². The molecular weight excluding hydrogens is 484 g/mol. The fourth-order valence-corrected chi connectivity index (χ4v) is 3.94. The molecule has 0 amide bonds. The molecule has 212 valence electrons. The molecule has 0 aliphatic carbocycles. The molecule has 1 saturated heterocycles. The smallest absolute Gasteiger partial charge is 0.333 e. The van der Waals surface area contributed by atoms with Crippen LogP contribution in [0, 0.1) is 0 Å². The molecule has 10 nitrogen and oxygen atoms in total. The van der Waals surface area contributed by atoms with Gasteiger partial charge in [-0.1, -0.05) is 23.8 Å². The molecule has 7 atom stereocenters. The number of allylic oxidation sites excluding steroid dienone is 2. The predicted octanol–water partition coefficient (Wildman–Crippen LogP) is 1.04. The predicted molar refractivity (Wildman–Crippen MR) is 137 cm³/mol. The van der Waals surface area contributed by atoms with Gasteiger partial charge in [-0.2, -0.15) is 0 Å². The number of methoxy groups -OCH3 is 1. The van der Waals surface area contributed by atoms with Gasteiger partial charge in [-0.15, -0.1) is 6.58 Å². The topological polar surface area (TPSA) is 166 Å². The fraction of sp³-hybridized carbons (Fsp3) is 0.667. The summed E-state index contributed by atoms with van der Waals surface area (Å²) in [6, 6.07) is 0. The van der Waals surface area contributed by atoms with Gasteiger partial charge in [0, 0.05) is 5.57 Å². The molecule has 0 bridgehead atoms. The Morgan fingerprint density at radius 2 is 1.78 bits per heavy atom. The van der Waals surface area contributed by atoms with Crippen LogP contribution < -0.4 is 0 Å². The van der Waals surface area contributed by atoms with Crippen molar-refractivity contribution in [3.8, 4) is 0 Å². The van der Waals surface area contributed by atoms with Gasteiger partial charge in [-0.3, -0.25) is 0 Å². The van der Waals surface area contributed by atoms with Gasteiger partial charge in [0.15, 0.2) is 6.29 Å². The van der Waals surface area contributed by atoms with E-state index in [2.05, 4.69) is 11.3 Å². The lowest BCUT2D eigenvalue weighted by Gasteiger charge is -2.42. The first-order valence-corrected chi connectivity index (χ1v) is 12.4. The van der Waals surface area contributed by atoms with E-state index in [-0.39, 0.29) is 6.61 Å². The average molecular weight is 529 g/mol. The molecule has 0 radical (unpaired) electrons. The standard InChI is InChI=1S/C27H44O10/c1-6-27(4,37-26-24(33)23(32)22(31)21(16-29)36-26)12-8-11-19(15-28)10-7-9-17(2)13-20(30)14-18(3)25(34)35-5/h6,9,11,14,20-24,26,28-33H,1,7-8,10,12-13,15-16H2,2-5H3/t20?,21-,22-,23+,24-,26+,27-/m1/s1. The van der Waals surface area contributed by atoms with E-state index in [0.717, 1.165) is 11.1 Å². The molecule has 1 fully saturated rings. The zero-order valence-electron chi connectivity index (χ0n) is 22.2. The van der Waals surface area contributed by atoms with Crippen molar-refractivity contribution in [1.82, 2.24) is 0 Å². The van der Waals surface area contributed by atoms with Crippen LogP contribution >= 0.6 is 0 Å². The molecule has 1 unspecified atom stereocenters. The van der Waals surface area contributed by atoms with E-state index >= 15 is 0 Å². The summed E-state index contributed by atoms with van der Waals surface area (Å²) >= 11 is 0. The third kappa shape index (κ3) is 10.8. The quantitative estimate of drug-likeness (QED) is 0.103. The molecular formula is C27H44O10. The molecule has 1 heterocycles. The maximum absolute atomic E-state index is 11.4. The second-order valence-electron chi connectivity index (χ2n) is 9.59. The van der Waals surface area contributed by atoms with E-state index in [9.17, 15) is 35.4 Å². The second-order valence-corrected chi connectivity index (χ2v) is 9.59. The summed E-state index contributed by atoms with van der Waals surface area (Å²) in [7, 11) is 1.29. The van der Waals surface area contributed by atoms with E-state index in [0.29, 0.717) is 37.7 Å². The van der Waals surface area contributed by atoms with E-state index < -0.39 is 55.0 Å². The summed E-state index contributed by atoms with van der Waals surface area (Å²) in [6.45, 7) is 8.33. The maximum atomic E-state index is 11.4. The first-order chi connectivity index (χ1) is 17.4. The molecule has 6 N–H and O–H groups in total. The fourth-order valence-electron chi connectivity index (χ4n) is 3.94. The Bertz CT molecular complexity index is 818. The monoisotopic (exact) mass is 528 g/mol. The minimum atomic E-state index is -1.53. The van der Waals surface area contributed by atoms with Crippen molar-refractivity contribution >= 4 is 5.97 Å². The summed E-state index contributed by atoms with van der Waals surface area (Å²) in [5, 5.41) is 59.4. The lowest BCUT2D eigenvalue weighted by molar-refractivity contribution is -0.319. The number of ether oxygens (including phenoxy) is 3. The van der Waals surface area contributed by atoms with Crippen molar-refractivity contribution < 1.29 is 49.6 Å². The summed E-state index contributed by atoms with van der Waals surface area (Å²) in [5.74, 6) is -0.482. The average Bonchev–Trinajstić information content (AvgIpc) is 2.87. The largest absolute Gasteiger partial charge is 0.466 e. The van der Waals surface area contributed by atoms with E-state index in [1.54, 1.807) is 19.9 Å². The van der Waals surface area contributed by atoms with Crippen LogP contribution in [0.5, 0.6) is 0 Å². The number of carbonyl (C=O) groups excluding carboxylic acids is 1. The summed E-state index contributed by atoms with van der Waals surface area (Å²) < 4.78 is 15.9. The highest BCUT2D eigenvalue weighted by Gasteiger charge is 2.45. The Kier molecular flexibility index (Phi) is 14.5. The highest BCUT2D eigenvalue weighted by Crippen LogP contribution is 2.29. The normalized spacial score (nSPS) is 27.9. The molecule has 0 spiro atoms. The molecule has 10 heteroatoms. The van der Waals surface area contributed by atoms with Crippen LogP contribution in [0.3, 0.4) is 0 Å². The van der Waals surface area contributed by atoms with Crippen molar-refractivity contribution in [2.24, 2.45) is 0 Å². The molecule has 37 heavy (non-hydrogen) atoms. The van der Waals surface area contributed by atoms with Gasteiger partial charge in [-0.25, -0.2) is 4.79 Å². The number of carbonyl (C=O) groups is 1. The number of aliphatic hydroxyl groups is 6. The van der Waals surface area contributed by atoms with E-state index in [1.807, 2.05) is 19.1 Å². The van der Waals surface area contributed by atoms with E-state index in [1.165, 1.54) is 13.2 Å². The Morgan fingerprint density at radius 3 is 2.35 bits per heavy atom. The molecule has 1 aliphatic rings. The van der Waals surface area contributed by atoms with Crippen LogP contribution in [0.4, 0.5) is 0 Å². The highest BCUT2D eigenvalue weighted by atomic mass is 16.7. The van der Waals surface area contributed by atoms with Crippen molar-refractivity contribution in [3.63, 3.8) is 0 Å². The summed E-state index contributed by atoms with van der Waals surface area (Å²) in [6.07, 6.45) is 1.85. The van der Waals surface area contributed by atoms with Gasteiger partial charge in [0.2, 0.25) is 0 Å². The Morgan fingerprint density at radius 1 is 1.11 bits per heavy atom. The first-order valence-electron chi connectivity index (χ1n) is 12.4. The van der Waals surface area contributed by atoms with Crippen LogP contribution in [0.25, 0.3) is 0 Å². The molecule has 0 aromatic heterocycles. The zero-order valence-corrected chi connectivity index (χ0v) is 22.2. The number of rotatable bonds is 15. The molecule has 0 aromatic carbocycles. The van der Waals surface area contributed by atoms with Gasteiger partial charge in [0.05, 0.1) is 32.0 Å². The summed E-state index contributed by atoms with van der Waals surface area (Å²) in [4.78, 5) is 11.4. The minimum absolute atomic E-state index is 0.116. The highest BCUT2D eigenvalue weighted by molar-refractivity contribution is 5.87. The van der Waals surface area contributed by atoms with Gasteiger partial charge in [0.1, 0.15) is 24.4 Å². The van der Waals surface area contributed by atoms with Crippen LogP contribution in [-0.2, 0) is 19.0 Å². The van der Waals surface area contributed by atoms with Crippen LogP contribution in [-0.4, -0.2) is 99.3 Å². The number of aliphatic hydroxyl groups excluding tert-OH is 6. The van der Waals surface area contributed by atoms with Gasteiger partial charge >= 0.3 is 5.97 Å². The second kappa shape index (κ2) is 16.2. The number of esters is 1. The van der Waals surface area contributed by atoms with Crippen molar-refractivity contribution in [1.29, 1.82) is 0 Å². The molecule has 0 aromatic rings. The maximum Gasteiger partial charge on any atom is 0.333 e. The van der Waals surface area contributed by atoms with Crippen molar-refractivity contribution in [2.45, 2.75) is 95.3 Å². The number of hydrogen-bond acceptors (Lipinski definition) is 10. The van der Waals surface area contributed by atoms with Crippen molar-refractivity contribution in [3.05, 3.63) is 47.6 Å². The van der Waals surface area contributed by atoms with Gasteiger partial charge in [0.25, 0.3) is 0 Å². The number of hydrogen-bond donors (Lipinski definition) is 6. The minimum Gasteiger partial charge on any atom is -0.466 e. The van der Waals surface area contributed by atoms with Crippen LogP contribution in [0.2, 0.25) is 0 Å². The summed E-state index contributed by atoms with van der Waals surface area (Å²) in [5.41, 5.74) is 1.17. The third-order valence-electron chi connectivity index (χ3n) is 6.38. The first kappa shape index (κ1) is 33.1.